The Kier molecular flexibility index (Phi) is 12.9. The van der Waals surface area contributed by atoms with Crippen LogP contribution >= 0.6 is 7.44 Å². The van der Waals surface area contributed by atoms with Gasteiger partial charge in [0.15, 0.2) is 11.5 Å². The Morgan fingerprint density at radius 3 is 2.46 bits per heavy atom. The normalized spacial score (nSPS) is 14.7. The smallest absolute Gasteiger partial charge is 0.323 e. The van der Waals surface area contributed by atoms with Crippen molar-refractivity contribution in [1.29, 1.82) is 0 Å². The second-order valence-electron chi connectivity index (χ2n) is 8.83. The van der Waals surface area contributed by atoms with Crippen molar-refractivity contribution < 1.29 is 28.4 Å². The molecule has 0 bridgehead atoms. The van der Waals surface area contributed by atoms with Gasteiger partial charge in [0.05, 0.1) is 32.6 Å². The maximum Gasteiger partial charge on any atom is 0.323 e. The lowest BCUT2D eigenvalue weighted by molar-refractivity contribution is -0.145. The highest BCUT2D eigenvalue weighted by Crippen LogP contribution is 2.38. The van der Waals surface area contributed by atoms with E-state index >= 15 is 0 Å². The van der Waals surface area contributed by atoms with Crippen molar-refractivity contribution in [3.8, 4) is 0 Å². The molecule has 0 aliphatic carbocycles. The van der Waals surface area contributed by atoms with Gasteiger partial charge in [-0.3, -0.25) is 14.2 Å². The van der Waals surface area contributed by atoms with Crippen molar-refractivity contribution in [2.24, 2.45) is 0 Å². The van der Waals surface area contributed by atoms with Crippen molar-refractivity contribution in [3.05, 3.63) is 12.7 Å². The number of aromatic nitrogens is 4. The number of rotatable bonds is 18. The fraction of sp³-hybridized carbons (Fsp3) is 0.696. The molecule has 2 heterocycles. The molecule has 37 heavy (non-hydrogen) atoms. The van der Waals surface area contributed by atoms with Crippen LogP contribution in [0.3, 0.4) is 0 Å². The number of nitrogens with one attached hydrogen (secondary N) is 2. The molecule has 2 aromatic heterocycles. The van der Waals surface area contributed by atoms with Crippen LogP contribution in [0, 0.1) is 0 Å². The van der Waals surface area contributed by atoms with Crippen LogP contribution < -0.4 is 15.9 Å². The molecule has 0 fully saturated rings. The summed E-state index contributed by atoms with van der Waals surface area (Å²) in [6.45, 7) is 8.51. The molecule has 0 aliphatic heterocycles. The van der Waals surface area contributed by atoms with Gasteiger partial charge in [-0.05, 0) is 26.7 Å². The van der Waals surface area contributed by atoms with E-state index in [0.29, 0.717) is 30.9 Å². The van der Waals surface area contributed by atoms with Crippen LogP contribution in [0.2, 0.25) is 0 Å². The molecule has 0 spiro atoms. The molecule has 208 valence electrons. The topological polar surface area (TPSA) is 173 Å². The van der Waals surface area contributed by atoms with Crippen molar-refractivity contribution >= 4 is 36.4 Å². The van der Waals surface area contributed by atoms with Crippen molar-refractivity contribution in [1.82, 2.24) is 29.7 Å². The molecule has 4 N–H and O–H groups in total. The summed E-state index contributed by atoms with van der Waals surface area (Å²) in [7, 11) is -3.48. The predicted molar refractivity (Wildman–Crippen MR) is 140 cm³/mol. The van der Waals surface area contributed by atoms with Crippen molar-refractivity contribution in [3.63, 3.8) is 0 Å². The third-order valence-electron chi connectivity index (χ3n) is 5.34. The van der Waals surface area contributed by atoms with Gasteiger partial charge in [-0.1, -0.05) is 26.7 Å². The molecule has 0 radical (unpaired) electrons. The lowest BCUT2D eigenvalue weighted by Crippen LogP contribution is -2.41. The summed E-state index contributed by atoms with van der Waals surface area (Å²) in [5.41, 5.74) is 6.88. The number of ether oxygens (including phenoxy) is 3. The van der Waals surface area contributed by atoms with E-state index in [2.05, 4.69) is 25.1 Å². The molecule has 14 heteroatoms. The van der Waals surface area contributed by atoms with Crippen LogP contribution in [-0.2, 0) is 34.9 Å². The Balaban J connectivity index is 1.98. The summed E-state index contributed by atoms with van der Waals surface area (Å²) in [5, 5.41) is 5.80. The Hall–Kier alpha value is -2.60. The van der Waals surface area contributed by atoms with Gasteiger partial charge in [0.1, 0.15) is 24.2 Å². The molecular weight excluding hydrogens is 501 g/mol. The van der Waals surface area contributed by atoms with Gasteiger partial charge in [0.2, 0.25) is 7.44 Å². The summed E-state index contributed by atoms with van der Waals surface area (Å²) in [4.78, 5) is 36.8. The van der Waals surface area contributed by atoms with E-state index in [1.165, 1.54) is 6.33 Å². The zero-order valence-electron chi connectivity index (χ0n) is 22.1. The second kappa shape index (κ2) is 15.6. The summed E-state index contributed by atoms with van der Waals surface area (Å²) in [5.74, 6) is -0.616. The van der Waals surface area contributed by atoms with E-state index in [1.54, 1.807) is 24.7 Å². The van der Waals surface area contributed by atoms with E-state index in [1.807, 2.05) is 13.8 Å². The highest BCUT2D eigenvalue weighted by molar-refractivity contribution is 7.59. The highest BCUT2D eigenvalue weighted by Gasteiger charge is 2.30. The van der Waals surface area contributed by atoms with Crippen molar-refractivity contribution in [2.45, 2.75) is 78.4 Å². The van der Waals surface area contributed by atoms with Gasteiger partial charge < -0.3 is 24.5 Å². The summed E-state index contributed by atoms with van der Waals surface area (Å²) >= 11 is 0. The molecule has 0 aromatic carbocycles. The molecule has 2 aromatic rings. The van der Waals surface area contributed by atoms with Crippen LogP contribution in [0.15, 0.2) is 12.7 Å². The number of carbonyl (C=O) groups is 2. The third-order valence-corrected chi connectivity index (χ3v) is 7.55. The first kappa shape index (κ1) is 30.6. The Labute approximate surface area is 217 Å². The minimum atomic E-state index is -3.48. The fourth-order valence-corrected chi connectivity index (χ4v) is 5.52. The van der Waals surface area contributed by atoms with Crippen LogP contribution in [0.4, 0.5) is 5.82 Å². The zero-order valence-corrected chi connectivity index (χ0v) is 23.0. The largest absolute Gasteiger partial charge is 0.466 e. The molecule has 1 unspecified atom stereocenters. The number of imidazole rings is 1. The molecule has 0 amide bonds. The van der Waals surface area contributed by atoms with E-state index in [4.69, 9.17) is 19.9 Å². The number of esters is 2. The Morgan fingerprint density at radius 2 is 1.76 bits per heavy atom. The molecule has 0 saturated heterocycles. The number of unbranched alkanes of at least 4 members (excludes halogenated alkanes) is 2. The minimum absolute atomic E-state index is 0.0207. The maximum atomic E-state index is 13.8. The first-order chi connectivity index (χ1) is 17.7. The molecule has 2 rings (SSSR count). The van der Waals surface area contributed by atoms with Gasteiger partial charge >= 0.3 is 11.9 Å². The number of hydrogen-bond acceptors (Lipinski definition) is 10. The average Bonchev–Trinajstić information content (AvgIpc) is 3.26. The predicted octanol–water partition coefficient (Wildman–Crippen LogP) is 2.61. The van der Waals surface area contributed by atoms with Gasteiger partial charge in [0, 0.05) is 12.6 Å². The lowest BCUT2D eigenvalue weighted by Gasteiger charge is -2.26. The number of carbonyl (C=O) groups excluding carboxylic acids is 2. The number of anilines is 1. The monoisotopic (exact) mass is 541 g/mol. The SMILES string of the molecule is CCCCOC(=O)C[C@H](C)NP(=O)(COCCn1cnc2c(N)ncnc21)N[C@@H](C)C(=O)OCCCC. The third kappa shape index (κ3) is 10.4. The molecular formula is C23H40N7O6P. The lowest BCUT2D eigenvalue weighted by atomic mass is 10.2. The highest BCUT2D eigenvalue weighted by atomic mass is 31.2. The number of fused-ring (bicyclic) bond motifs is 1. The van der Waals surface area contributed by atoms with E-state index in [9.17, 15) is 14.2 Å². The molecule has 13 nitrogen and oxygen atoms in total. The summed E-state index contributed by atoms with van der Waals surface area (Å²) < 4.78 is 31.7. The quantitative estimate of drug-likeness (QED) is 0.143. The van der Waals surface area contributed by atoms with Crippen LogP contribution in [0.1, 0.15) is 59.8 Å². The Bertz CT molecular complexity index is 1050. The summed E-state index contributed by atoms with van der Waals surface area (Å²) in [6.07, 6.45) is 6.06. The number of nitrogens with two attached hydrogens (primary N) is 1. The Morgan fingerprint density at radius 1 is 1.05 bits per heavy atom. The van der Waals surface area contributed by atoms with Gasteiger partial charge in [-0.2, -0.15) is 0 Å². The van der Waals surface area contributed by atoms with E-state index < -0.39 is 25.5 Å². The number of nitrogens with zero attached hydrogens (tertiary/aromatic N) is 4. The molecule has 0 aliphatic rings. The van der Waals surface area contributed by atoms with Crippen molar-refractivity contribution in [2.75, 3.05) is 31.9 Å². The second-order valence-corrected chi connectivity index (χ2v) is 11.1. The van der Waals surface area contributed by atoms with E-state index in [-0.39, 0.29) is 31.2 Å². The average molecular weight is 542 g/mol. The van der Waals surface area contributed by atoms with E-state index in [0.717, 1.165) is 25.7 Å². The van der Waals surface area contributed by atoms with Crippen LogP contribution in [-0.4, -0.2) is 69.7 Å². The fourth-order valence-electron chi connectivity index (χ4n) is 3.38. The minimum Gasteiger partial charge on any atom is -0.466 e. The summed E-state index contributed by atoms with van der Waals surface area (Å²) in [6, 6.07) is -1.34. The standard InChI is InChI=1S/C23H40N7O6P/c1-5-7-10-35-19(31)13-17(3)28-37(33,29-18(4)23(32)36-11-8-6-2)16-34-12-9-30-15-27-20-21(24)25-14-26-22(20)30/h14-15,17-18H,5-13,16H2,1-4H3,(H2,24,25,26)(H2,28,29,33)/t17-,18-,37?/m0/s1. The molecule has 3 atom stereocenters. The first-order valence-corrected chi connectivity index (χ1v) is 14.5. The molecule has 0 saturated carbocycles. The number of nitrogen functional groups attached to an aromatic ring is 1. The van der Waals surface area contributed by atoms with Crippen LogP contribution in [0.25, 0.3) is 11.2 Å². The first-order valence-electron chi connectivity index (χ1n) is 12.6. The maximum absolute atomic E-state index is 13.8. The van der Waals surface area contributed by atoms with Gasteiger partial charge in [-0.25, -0.2) is 25.1 Å². The van der Waals surface area contributed by atoms with Crippen LogP contribution in [0.5, 0.6) is 0 Å². The zero-order chi connectivity index (χ0) is 27.3. The number of hydrogen-bond donors (Lipinski definition) is 3. The van der Waals surface area contributed by atoms with Gasteiger partial charge in [0.25, 0.3) is 0 Å². The van der Waals surface area contributed by atoms with Gasteiger partial charge in [-0.15, -0.1) is 0 Å².